The molecule has 0 bridgehead atoms. The summed E-state index contributed by atoms with van der Waals surface area (Å²) < 4.78 is 68.9. The highest BCUT2D eigenvalue weighted by Gasteiger charge is 2.19. The Bertz CT molecular complexity index is 1530. The smallest absolute Gasteiger partial charge is 0.262 e. The van der Waals surface area contributed by atoms with Crippen molar-refractivity contribution in [2.45, 2.75) is 4.90 Å². The second-order valence-corrected chi connectivity index (χ2v) is 9.09. The standard InChI is InChI=1S/C25H23FN2O7S/c1-31-22-12-16(6-7-18(22)26)36(29,30)28-15-5-8-21(23(11-15)32-2)35-20-9-10-27-19-14-25(34-4)24(33-3)13-17(19)20/h5-14,28H,1-4H3. The van der Waals surface area contributed by atoms with Crippen LogP contribution in [0.15, 0.2) is 65.7 Å². The lowest BCUT2D eigenvalue weighted by atomic mass is 10.1. The molecule has 0 radical (unpaired) electrons. The quantitative estimate of drug-likeness (QED) is 0.333. The molecule has 4 rings (SSSR count). The third-order valence-corrected chi connectivity index (χ3v) is 6.65. The Morgan fingerprint density at radius 1 is 0.722 bits per heavy atom. The fourth-order valence-corrected chi connectivity index (χ4v) is 4.56. The molecule has 0 fully saturated rings. The van der Waals surface area contributed by atoms with E-state index in [-0.39, 0.29) is 22.1 Å². The van der Waals surface area contributed by atoms with Crippen LogP contribution in [0.4, 0.5) is 10.1 Å². The number of ether oxygens (including phenoxy) is 5. The van der Waals surface area contributed by atoms with Gasteiger partial charge in [-0.2, -0.15) is 0 Å². The minimum Gasteiger partial charge on any atom is -0.494 e. The van der Waals surface area contributed by atoms with Crippen LogP contribution in [0, 0.1) is 5.82 Å². The maximum Gasteiger partial charge on any atom is 0.262 e. The van der Waals surface area contributed by atoms with Crippen LogP contribution in [-0.2, 0) is 10.0 Å². The number of nitrogens with one attached hydrogen (secondary N) is 1. The Labute approximate surface area is 207 Å². The number of methoxy groups -OCH3 is 4. The minimum atomic E-state index is -4.03. The molecule has 0 aliphatic carbocycles. The number of benzene rings is 3. The summed E-state index contributed by atoms with van der Waals surface area (Å²) in [4.78, 5) is 4.20. The largest absolute Gasteiger partial charge is 0.494 e. The highest BCUT2D eigenvalue weighted by atomic mass is 32.2. The van der Waals surface area contributed by atoms with E-state index in [4.69, 9.17) is 23.7 Å². The average Bonchev–Trinajstić information content (AvgIpc) is 2.88. The number of aromatic nitrogens is 1. The molecule has 1 aromatic heterocycles. The molecule has 36 heavy (non-hydrogen) atoms. The van der Waals surface area contributed by atoms with Gasteiger partial charge in [-0.05, 0) is 36.4 Å². The third kappa shape index (κ3) is 4.91. The fourth-order valence-electron chi connectivity index (χ4n) is 3.49. The van der Waals surface area contributed by atoms with Crippen LogP contribution in [-0.4, -0.2) is 41.8 Å². The summed E-state index contributed by atoms with van der Waals surface area (Å²) in [5, 5.41) is 0.673. The summed E-state index contributed by atoms with van der Waals surface area (Å²) in [6, 6.07) is 13.0. The summed E-state index contributed by atoms with van der Waals surface area (Å²) in [7, 11) is 1.73. The zero-order valence-electron chi connectivity index (χ0n) is 19.9. The first-order chi connectivity index (χ1) is 17.3. The van der Waals surface area contributed by atoms with Gasteiger partial charge in [-0.15, -0.1) is 0 Å². The van der Waals surface area contributed by atoms with E-state index in [0.717, 1.165) is 18.2 Å². The second kappa shape index (κ2) is 10.2. The number of nitrogens with zero attached hydrogens (tertiary/aromatic N) is 1. The second-order valence-electron chi connectivity index (χ2n) is 7.40. The van der Waals surface area contributed by atoms with Gasteiger partial charge in [-0.25, -0.2) is 12.8 Å². The van der Waals surface area contributed by atoms with Crippen LogP contribution in [0.1, 0.15) is 0 Å². The predicted molar refractivity (Wildman–Crippen MR) is 132 cm³/mol. The van der Waals surface area contributed by atoms with Gasteiger partial charge in [-0.1, -0.05) is 0 Å². The van der Waals surface area contributed by atoms with Gasteiger partial charge in [0.05, 0.1) is 44.5 Å². The van der Waals surface area contributed by atoms with Gasteiger partial charge < -0.3 is 23.7 Å². The maximum absolute atomic E-state index is 13.7. The number of fused-ring (bicyclic) bond motifs is 1. The summed E-state index contributed by atoms with van der Waals surface area (Å²) >= 11 is 0. The van der Waals surface area contributed by atoms with E-state index in [9.17, 15) is 12.8 Å². The molecule has 0 spiro atoms. The number of hydrogen-bond donors (Lipinski definition) is 1. The van der Waals surface area contributed by atoms with Crippen molar-refractivity contribution < 1.29 is 36.5 Å². The number of halogens is 1. The lowest BCUT2D eigenvalue weighted by molar-refractivity contribution is 0.355. The lowest BCUT2D eigenvalue weighted by Crippen LogP contribution is -2.13. The van der Waals surface area contributed by atoms with Crippen molar-refractivity contribution in [1.29, 1.82) is 0 Å². The zero-order chi connectivity index (χ0) is 25.9. The van der Waals surface area contributed by atoms with Gasteiger partial charge in [-0.3, -0.25) is 9.71 Å². The van der Waals surface area contributed by atoms with E-state index >= 15 is 0 Å². The average molecular weight is 515 g/mol. The van der Waals surface area contributed by atoms with Crippen molar-refractivity contribution in [2.75, 3.05) is 33.2 Å². The minimum absolute atomic E-state index is 0.160. The summed E-state index contributed by atoms with van der Waals surface area (Å²) in [5.41, 5.74) is 0.844. The van der Waals surface area contributed by atoms with Crippen LogP contribution in [0.2, 0.25) is 0 Å². The molecule has 0 atom stereocenters. The molecule has 11 heteroatoms. The van der Waals surface area contributed by atoms with Crippen molar-refractivity contribution in [3.63, 3.8) is 0 Å². The molecule has 9 nitrogen and oxygen atoms in total. The number of pyridine rings is 1. The molecule has 0 aliphatic rings. The van der Waals surface area contributed by atoms with Crippen LogP contribution < -0.4 is 28.4 Å². The molecule has 0 saturated carbocycles. The Hall–Kier alpha value is -4.25. The molecule has 3 aromatic carbocycles. The number of sulfonamides is 1. The number of anilines is 1. The molecule has 188 valence electrons. The molecule has 0 unspecified atom stereocenters. The highest BCUT2D eigenvalue weighted by molar-refractivity contribution is 7.92. The van der Waals surface area contributed by atoms with Gasteiger partial charge in [0.2, 0.25) is 0 Å². The van der Waals surface area contributed by atoms with Crippen molar-refractivity contribution in [2.24, 2.45) is 0 Å². The van der Waals surface area contributed by atoms with Crippen LogP contribution in [0.25, 0.3) is 10.9 Å². The number of rotatable bonds is 9. The third-order valence-electron chi connectivity index (χ3n) is 5.28. The summed E-state index contributed by atoms with van der Waals surface area (Å²) in [6.45, 7) is 0. The Morgan fingerprint density at radius 3 is 2.08 bits per heavy atom. The van der Waals surface area contributed by atoms with Crippen LogP contribution >= 0.6 is 0 Å². The van der Waals surface area contributed by atoms with Gasteiger partial charge in [0.25, 0.3) is 10.0 Å². The molecule has 1 N–H and O–H groups in total. The molecule has 1 heterocycles. The Balaban J connectivity index is 1.65. The lowest BCUT2D eigenvalue weighted by Gasteiger charge is -2.15. The molecule has 0 aliphatic heterocycles. The van der Waals surface area contributed by atoms with E-state index in [1.165, 1.54) is 40.6 Å². The van der Waals surface area contributed by atoms with E-state index < -0.39 is 15.8 Å². The van der Waals surface area contributed by atoms with E-state index in [2.05, 4.69) is 9.71 Å². The first-order valence-electron chi connectivity index (χ1n) is 10.5. The Kier molecular flexibility index (Phi) is 7.02. The fraction of sp³-hybridized carbons (Fsp3) is 0.160. The highest BCUT2D eigenvalue weighted by Crippen LogP contribution is 2.40. The molecule has 0 amide bonds. The SMILES string of the molecule is COc1cc(S(=O)(=O)Nc2ccc(Oc3ccnc4cc(OC)c(OC)cc34)c(OC)c2)ccc1F. The summed E-state index contributed by atoms with van der Waals surface area (Å²) in [5.74, 6) is 1.28. The maximum atomic E-state index is 13.7. The van der Waals surface area contributed by atoms with Gasteiger partial charge in [0, 0.05) is 29.8 Å². The predicted octanol–water partition coefficient (Wildman–Crippen LogP) is 5.00. The van der Waals surface area contributed by atoms with Crippen molar-refractivity contribution >= 4 is 26.6 Å². The van der Waals surface area contributed by atoms with Crippen molar-refractivity contribution in [1.82, 2.24) is 4.98 Å². The molecule has 0 saturated heterocycles. The number of hydrogen-bond acceptors (Lipinski definition) is 8. The molecular formula is C25H23FN2O7S. The normalized spacial score (nSPS) is 11.1. The molecule has 4 aromatic rings. The van der Waals surface area contributed by atoms with E-state index in [0.29, 0.717) is 33.9 Å². The topological polar surface area (TPSA) is 105 Å². The van der Waals surface area contributed by atoms with E-state index in [1.807, 2.05) is 0 Å². The van der Waals surface area contributed by atoms with Crippen LogP contribution in [0.5, 0.6) is 34.5 Å². The molecular weight excluding hydrogens is 491 g/mol. The first kappa shape index (κ1) is 24.9. The van der Waals surface area contributed by atoms with Gasteiger partial charge in [0.1, 0.15) is 5.75 Å². The van der Waals surface area contributed by atoms with Crippen molar-refractivity contribution in [3.05, 3.63) is 66.6 Å². The monoisotopic (exact) mass is 514 g/mol. The van der Waals surface area contributed by atoms with Crippen LogP contribution in [0.3, 0.4) is 0 Å². The van der Waals surface area contributed by atoms with Gasteiger partial charge >= 0.3 is 0 Å². The Morgan fingerprint density at radius 2 is 1.39 bits per heavy atom. The van der Waals surface area contributed by atoms with Gasteiger partial charge in [0.15, 0.2) is 34.6 Å². The van der Waals surface area contributed by atoms with E-state index in [1.54, 1.807) is 30.5 Å². The zero-order valence-corrected chi connectivity index (χ0v) is 20.7. The summed E-state index contributed by atoms with van der Waals surface area (Å²) in [6.07, 6.45) is 1.59. The first-order valence-corrected chi connectivity index (χ1v) is 12.0. The van der Waals surface area contributed by atoms with Crippen molar-refractivity contribution in [3.8, 4) is 34.5 Å².